The van der Waals surface area contributed by atoms with Gasteiger partial charge in [0.15, 0.2) is 0 Å². The van der Waals surface area contributed by atoms with Gasteiger partial charge in [0.2, 0.25) is 11.6 Å². The molecule has 0 bridgehead atoms. The van der Waals surface area contributed by atoms with Crippen molar-refractivity contribution in [3.05, 3.63) is 16.4 Å². The summed E-state index contributed by atoms with van der Waals surface area (Å²) >= 11 is 0. The molecule has 0 radical (unpaired) electrons. The molecule has 0 aliphatic heterocycles. The fourth-order valence-corrected chi connectivity index (χ4v) is 1.27. The Bertz CT molecular complexity index is 396. The Labute approximate surface area is 98.8 Å². The van der Waals surface area contributed by atoms with Gasteiger partial charge in [0, 0.05) is 27.7 Å². The Hall–Kier alpha value is -1.96. The van der Waals surface area contributed by atoms with Gasteiger partial charge in [-0.25, -0.2) is 9.97 Å². The third-order valence-corrected chi connectivity index (χ3v) is 2.01. The molecule has 1 aromatic heterocycles. The van der Waals surface area contributed by atoms with Crippen LogP contribution in [0.5, 0.6) is 0 Å². The number of rotatable bonds is 6. The maximum Gasteiger partial charge on any atom is 0.353 e. The second-order valence-electron chi connectivity index (χ2n) is 3.47. The van der Waals surface area contributed by atoms with Crippen LogP contribution in [0, 0.1) is 10.1 Å². The van der Waals surface area contributed by atoms with E-state index in [4.69, 9.17) is 4.74 Å². The Morgan fingerprint density at radius 1 is 1.53 bits per heavy atom. The average Bonchev–Trinajstić information content (AvgIpc) is 2.28. The van der Waals surface area contributed by atoms with E-state index in [9.17, 15) is 10.1 Å². The van der Waals surface area contributed by atoms with E-state index in [2.05, 4.69) is 15.3 Å². The number of nitrogens with zero attached hydrogens (tertiary/aromatic N) is 4. The van der Waals surface area contributed by atoms with Crippen LogP contribution in [0.15, 0.2) is 6.33 Å². The third kappa shape index (κ3) is 3.25. The van der Waals surface area contributed by atoms with Crippen LogP contribution in [0.25, 0.3) is 0 Å². The summed E-state index contributed by atoms with van der Waals surface area (Å²) in [5.41, 5.74) is -0.131. The van der Waals surface area contributed by atoms with Crippen molar-refractivity contribution < 1.29 is 9.66 Å². The van der Waals surface area contributed by atoms with E-state index >= 15 is 0 Å². The minimum Gasteiger partial charge on any atom is -0.383 e. The summed E-state index contributed by atoms with van der Waals surface area (Å²) in [7, 11) is 4.93. The minimum absolute atomic E-state index is 0.131. The van der Waals surface area contributed by atoms with Crippen molar-refractivity contribution in [2.24, 2.45) is 0 Å². The zero-order chi connectivity index (χ0) is 12.8. The summed E-state index contributed by atoms with van der Waals surface area (Å²) in [6, 6.07) is 0. The summed E-state index contributed by atoms with van der Waals surface area (Å²) in [5.74, 6) is 0.468. The predicted molar refractivity (Wildman–Crippen MR) is 63.4 cm³/mol. The number of methoxy groups -OCH3 is 1. The summed E-state index contributed by atoms with van der Waals surface area (Å²) in [6.07, 6.45) is 1.29. The van der Waals surface area contributed by atoms with Crippen LogP contribution in [-0.2, 0) is 4.74 Å². The third-order valence-electron chi connectivity index (χ3n) is 2.01. The summed E-state index contributed by atoms with van der Waals surface area (Å²) in [5, 5.41) is 13.9. The first-order valence-corrected chi connectivity index (χ1v) is 4.97. The number of hydrogen-bond donors (Lipinski definition) is 1. The van der Waals surface area contributed by atoms with E-state index in [0.29, 0.717) is 13.2 Å². The van der Waals surface area contributed by atoms with E-state index < -0.39 is 4.92 Å². The van der Waals surface area contributed by atoms with Crippen LogP contribution in [0.2, 0.25) is 0 Å². The maximum absolute atomic E-state index is 11.0. The SMILES string of the molecule is COCCNc1ncnc(N(C)C)c1[N+](=O)[O-]. The van der Waals surface area contributed by atoms with Gasteiger partial charge in [-0.05, 0) is 0 Å². The minimum atomic E-state index is -0.496. The van der Waals surface area contributed by atoms with Crippen LogP contribution >= 0.6 is 0 Å². The van der Waals surface area contributed by atoms with Gasteiger partial charge in [-0.2, -0.15) is 0 Å². The lowest BCUT2D eigenvalue weighted by atomic mass is 10.4. The molecule has 8 nitrogen and oxygen atoms in total. The van der Waals surface area contributed by atoms with Gasteiger partial charge in [0.1, 0.15) is 6.33 Å². The summed E-state index contributed by atoms with van der Waals surface area (Å²) in [6.45, 7) is 0.889. The summed E-state index contributed by atoms with van der Waals surface area (Å²) < 4.78 is 4.86. The lowest BCUT2D eigenvalue weighted by molar-refractivity contribution is -0.383. The molecule has 1 aromatic rings. The predicted octanol–water partition coefficient (Wildman–Crippen LogP) is 0.509. The molecule has 0 saturated carbocycles. The van der Waals surface area contributed by atoms with Gasteiger partial charge in [-0.15, -0.1) is 0 Å². The molecule has 0 atom stereocenters. The number of hydrogen-bond acceptors (Lipinski definition) is 7. The zero-order valence-corrected chi connectivity index (χ0v) is 10.0. The number of nitro groups is 1. The molecule has 0 aromatic carbocycles. The second kappa shape index (κ2) is 5.94. The quantitative estimate of drug-likeness (QED) is 0.440. The van der Waals surface area contributed by atoms with Gasteiger partial charge < -0.3 is 15.0 Å². The standard InChI is InChI=1S/C9H15N5O3/c1-13(2)9-7(14(15)16)8(11-6-12-9)10-4-5-17-3/h6H,4-5H2,1-3H3,(H,10,11,12). The molecule has 0 unspecified atom stereocenters. The van der Waals surface area contributed by atoms with Crippen LogP contribution in [0.1, 0.15) is 0 Å². The highest BCUT2D eigenvalue weighted by atomic mass is 16.6. The van der Waals surface area contributed by atoms with Crippen molar-refractivity contribution in [2.75, 3.05) is 44.6 Å². The van der Waals surface area contributed by atoms with E-state index in [1.165, 1.54) is 6.33 Å². The zero-order valence-electron chi connectivity index (χ0n) is 10.0. The van der Waals surface area contributed by atoms with E-state index in [1.54, 1.807) is 26.1 Å². The van der Waals surface area contributed by atoms with Crippen LogP contribution in [0.3, 0.4) is 0 Å². The normalized spacial score (nSPS) is 10.1. The average molecular weight is 241 g/mol. The first-order valence-electron chi connectivity index (χ1n) is 4.97. The first-order chi connectivity index (χ1) is 8.07. The Kier molecular flexibility index (Phi) is 4.58. The number of ether oxygens (including phenoxy) is 1. The van der Waals surface area contributed by atoms with Crippen molar-refractivity contribution in [3.8, 4) is 0 Å². The van der Waals surface area contributed by atoms with Gasteiger partial charge in [-0.1, -0.05) is 0 Å². The van der Waals surface area contributed by atoms with Gasteiger partial charge in [0.25, 0.3) is 0 Å². The molecule has 1 N–H and O–H groups in total. The molecule has 0 aliphatic carbocycles. The molecule has 0 spiro atoms. The molecule has 1 rings (SSSR count). The second-order valence-corrected chi connectivity index (χ2v) is 3.47. The molecule has 0 saturated heterocycles. The van der Waals surface area contributed by atoms with Gasteiger partial charge in [0.05, 0.1) is 11.5 Å². The first kappa shape index (κ1) is 13.1. The number of nitrogens with one attached hydrogen (secondary N) is 1. The molecule has 0 amide bonds. The molecular formula is C9H15N5O3. The monoisotopic (exact) mass is 241 g/mol. The van der Waals surface area contributed by atoms with E-state index in [1.807, 2.05) is 0 Å². The lowest BCUT2D eigenvalue weighted by Crippen LogP contribution is -2.16. The van der Waals surface area contributed by atoms with Crippen LogP contribution < -0.4 is 10.2 Å². The van der Waals surface area contributed by atoms with Crippen molar-refractivity contribution >= 4 is 17.3 Å². The lowest BCUT2D eigenvalue weighted by Gasteiger charge is -2.13. The topological polar surface area (TPSA) is 93.4 Å². The van der Waals surface area contributed by atoms with Crippen LogP contribution in [-0.4, -0.2) is 49.2 Å². The maximum atomic E-state index is 11.0. The fraction of sp³-hybridized carbons (Fsp3) is 0.556. The highest BCUT2D eigenvalue weighted by Gasteiger charge is 2.23. The Morgan fingerprint density at radius 3 is 2.76 bits per heavy atom. The number of anilines is 2. The largest absolute Gasteiger partial charge is 0.383 e. The van der Waals surface area contributed by atoms with Crippen molar-refractivity contribution in [1.82, 2.24) is 9.97 Å². The van der Waals surface area contributed by atoms with Gasteiger partial charge >= 0.3 is 5.69 Å². The molecule has 8 heteroatoms. The highest BCUT2D eigenvalue weighted by molar-refractivity contribution is 5.69. The molecule has 0 aliphatic rings. The smallest absolute Gasteiger partial charge is 0.353 e. The van der Waals surface area contributed by atoms with Crippen molar-refractivity contribution in [3.63, 3.8) is 0 Å². The molecule has 17 heavy (non-hydrogen) atoms. The summed E-state index contributed by atoms with van der Waals surface area (Å²) in [4.78, 5) is 19.8. The molecule has 0 fully saturated rings. The van der Waals surface area contributed by atoms with E-state index in [0.717, 1.165) is 0 Å². The van der Waals surface area contributed by atoms with Crippen molar-refractivity contribution in [2.45, 2.75) is 0 Å². The fourth-order valence-electron chi connectivity index (χ4n) is 1.27. The van der Waals surface area contributed by atoms with Crippen molar-refractivity contribution in [1.29, 1.82) is 0 Å². The highest BCUT2D eigenvalue weighted by Crippen LogP contribution is 2.30. The Balaban J connectivity index is 3.03. The van der Waals surface area contributed by atoms with Crippen LogP contribution in [0.4, 0.5) is 17.3 Å². The molecule has 1 heterocycles. The molecule has 94 valence electrons. The van der Waals surface area contributed by atoms with E-state index in [-0.39, 0.29) is 17.3 Å². The van der Waals surface area contributed by atoms with Gasteiger partial charge in [-0.3, -0.25) is 10.1 Å². The number of aromatic nitrogens is 2. The Morgan fingerprint density at radius 2 is 2.24 bits per heavy atom. The molecular weight excluding hydrogens is 226 g/mol.